The van der Waals surface area contributed by atoms with Crippen molar-refractivity contribution < 1.29 is 9.13 Å². The average molecular weight is 161 g/mol. The second-order valence-corrected chi connectivity index (χ2v) is 2.38. The Balaban J connectivity index is 4.00. The lowest BCUT2D eigenvalue weighted by atomic mass is 10.4. The molecule has 0 aromatic heterocycles. The average Bonchev–Trinajstić information content (AvgIpc) is 2.02. The van der Waals surface area contributed by atoms with E-state index >= 15 is 0 Å². The first kappa shape index (κ1) is 10.4. The van der Waals surface area contributed by atoms with Crippen molar-refractivity contribution in [1.29, 1.82) is 0 Å². The molecule has 0 N–H and O–H groups in total. The second kappa shape index (κ2) is 5.13. The highest BCUT2D eigenvalue weighted by Gasteiger charge is 2.09. The molecule has 66 valence electrons. The Labute approximate surface area is 67.6 Å². The molecular weight excluding hydrogens is 145 g/mol. The Morgan fingerprint density at radius 3 is 2.64 bits per heavy atom. The van der Waals surface area contributed by atoms with Gasteiger partial charge in [-0.1, -0.05) is 6.92 Å². The van der Waals surface area contributed by atoms with Crippen LogP contribution in [-0.2, 0) is 4.74 Å². The van der Waals surface area contributed by atoms with E-state index in [4.69, 9.17) is 4.74 Å². The van der Waals surface area contributed by atoms with Gasteiger partial charge in [-0.3, -0.25) is 0 Å². The van der Waals surface area contributed by atoms with Crippen molar-refractivity contribution in [3.05, 3.63) is 12.0 Å². The molecule has 0 fully saturated rings. The van der Waals surface area contributed by atoms with Crippen molar-refractivity contribution in [2.45, 2.75) is 26.5 Å². The number of hydrogen-bond donors (Lipinski definition) is 0. The molecule has 0 aromatic rings. The van der Waals surface area contributed by atoms with Crippen LogP contribution in [0.5, 0.6) is 0 Å². The van der Waals surface area contributed by atoms with E-state index in [-0.39, 0.29) is 12.2 Å². The minimum atomic E-state index is -0.234. The van der Waals surface area contributed by atoms with Crippen molar-refractivity contribution in [3.8, 4) is 0 Å². The Kier molecular flexibility index (Phi) is 4.86. The van der Waals surface area contributed by atoms with E-state index < -0.39 is 0 Å². The number of allylic oxidation sites excluding steroid dienone is 1. The molecule has 1 unspecified atom stereocenters. The number of ether oxygens (including phenoxy) is 1. The smallest absolute Gasteiger partial charge is 0.187 e. The summed E-state index contributed by atoms with van der Waals surface area (Å²) in [4.78, 5) is 1.45. The zero-order valence-corrected chi connectivity index (χ0v) is 7.60. The van der Waals surface area contributed by atoms with Crippen molar-refractivity contribution >= 4 is 0 Å². The maximum absolute atomic E-state index is 12.9. The van der Waals surface area contributed by atoms with Crippen LogP contribution < -0.4 is 0 Å². The summed E-state index contributed by atoms with van der Waals surface area (Å²) in [5.41, 5.74) is 0. The van der Waals surface area contributed by atoms with Gasteiger partial charge in [-0.2, -0.15) is 4.39 Å². The summed E-state index contributed by atoms with van der Waals surface area (Å²) < 4.78 is 17.9. The summed E-state index contributed by atoms with van der Waals surface area (Å²) in [6.07, 6.45) is 2.01. The van der Waals surface area contributed by atoms with E-state index in [9.17, 15) is 4.39 Å². The zero-order chi connectivity index (χ0) is 8.85. The molecule has 0 aliphatic rings. The summed E-state index contributed by atoms with van der Waals surface area (Å²) in [7, 11) is 3.22. The predicted molar refractivity (Wildman–Crippen MR) is 43.7 cm³/mol. The first-order valence-corrected chi connectivity index (χ1v) is 3.74. The lowest BCUT2D eigenvalue weighted by molar-refractivity contribution is 0.00291. The first-order chi connectivity index (χ1) is 5.13. The van der Waals surface area contributed by atoms with Crippen LogP contribution in [0.15, 0.2) is 12.0 Å². The van der Waals surface area contributed by atoms with Gasteiger partial charge in [-0.15, -0.1) is 0 Å². The Hall–Kier alpha value is -0.570. The molecule has 3 heteroatoms. The quantitative estimate of drug-likeness (QED) is 0.462. The Morgan fingerprint density at radius 2 is 2.27 bits per heavy atom. The summed E-state index contributed by atoms with van der Waals surface area (Å²) >= 11 is 0. The molecule has 0 saturated heterocycles. The van der Waals surface area contributed by atoms with E-state index in [0.717, 1.165) is 0 Å². The van der Waals surface area contributed by atoms with Gasteiger partial charge in [0.1, 0.15) is 6.23 Å². The van der Waals surface area contributed by atoms with Crippen LogP contribution in [0.2, 0.25) is 0 Å². The summed E-state index contributed by atoms with van der Waals surface area (Å²) in [5, 5.41) is 0. The number of hydrogen-bond acceptors (Lipinski definition) is 2. The molecule has 11 heavy (non-hydrogen) atoms. The van der Waals surface area contributed by atoms with Gasteiger partial charge in [0, 0.05) is 14.2 Å². The SMILES string of the molecule is CCC=C(F)N(C)C(C)OC. The molecule has 0 aromatic carbocycles. The number of halogens is 1. The van der Waals surface area contributed by atoms with Gasteiger partial charge in [-0.05, 0) is 19.4 Å². The normalized spacial score (nSPS) is 14.8. The largest absolute Gasteiger partial charge is 0.362 e. The molecule has 0 rings (SSSR count). The van der Waals surface area contributed by atoms with Gasteiger partial charge in [0.25, 0.3) is 0 Å². The third-order valence-electron chi connectivity index (χ3n) is 1.60. The minimum Gasteiger partial charge on any atom is -0.362 e. The van der Waals surface area contributed by atoms with E-state index in [1.807, 2.05) is 6.92 Å². The van der Waals surface area contributed by atoms with Crippen LogP contribution in [0.4, 0.5) is 4.39 Å². The molecule has 1 atom stereocenters. The summed E-state index contributed by atoms with van der Waals surface area (Å²) in [6.45, 7) is 3.69. The fourth-order valence-corrected chi connectivity index (χ4v) is 0.644. The third-order valence-corrected chi connectivity index (χ3v) is 1.60. The van der Waals surface area contributed by atoms with Crippen LogP contribution in [-0.4, -0.2) is 25.3 Å². The number of methoxy groups -OCH3 is 1. The van der Waals surface area contributed by atoms with Gasteiger partial charge in [0.2, 0.25) is 0 Å². The lowest BCUT2D eigenvalue weighted by Gasteiger charge is -2.23. The molecule has 0 bridgehead atoms. The van der Waals surface area contributed by atoms with E-state index in [1.165, 1.54) is 11.0 Å². The highest BCUT2D eigenvalue weighted by atomic mass is 19.1. The highest BCUT2D eigenvalue weighted by molar-refractivity contribution is 4.89. The molecule has 0 aliphatic carbocycles. The van der Waals surface area contributed by atoms with Crippen molar-refractivity contribution in [3.63, 3.8) is 0 Å². The highest BCUT2D eigenvalue weighted by Crippen LogP contribution is 2.08. The molecule has 0 heterocycles. The fraction of sp³-hybridized carbons (Fsp3) is 0.750. The Morgan fingerprint density at radius 1 is 1.73 bits per heavy atom. The Bertz CT molecular complexity index is 136. The second-order valence-electron chi connectivity index (χ2n) is 2.38. The van der Waals surface area contributed by atoms with Crippen LogP contribution in [0.1, 0.15) is 20.3 Å². The maximum atomic E-state index is 12.9. The van der Waals surface area contributed by atoms with Gasteiger partial charge in [0.05, 0.1) is 0 Å². The van der Waals surface area contributed by atoms with Gasteiger partial charge < -0.3 is 9.64 Å². The monoisotopic (exact) mass is 161 g/mol. The van der Waals surface area contributed by atoms with E-state index in [0.29, 0.717) is 6.42 Å². The molecular formula is C8H16FNO. The van der Waals surface area contributed by atoms with Gasteiger partial charge in [0.15, 0.2) is 5.95 Å². The summed E-state index contributed by atoms with van der Waals surface area (Å²) in [5.74, 6) is -0.234. The van der Waals surface area contributed by atoms with Crippen LogP contribution >= 0.6 is 0 Å². The van der Waals surface area contributed by atoms with Crippen molar-refractivity contribution in [2.24, 2.45) is 0 Å². The number of nitrogens with zero attached hydrogens (tertiary/aromatic N) is 1. The predicted octanol–water partition coefficient (Wildman–Crippen LogP) is 2.13. The zero-order valence-electron chi connectivity index (χ0n) is 7.60. The van der Waals surface area contributed by atoms with Crippen molar-refractivity contribution in [2.75, 3.05) is 14.2 Å². The van der Waals surface area contributed by atoms with Gasteiger partial charge >= 0.3 is 0 Å². The standard InChI is InChI=1S/C8H16FNO/c1-5-6-8(9)10(3)7(2)11-4/h6-7H,5H2,1-4H3. The first-order valence-electron chi connectivity index (χ1n) is 3.74. The topological polar surface area (TPSA) is 12.5 Å². The van der Waals surface area contributed by atoms with Crippen LogP contribution in [0.25, 0.3) is 0 Å². The molecule has 0 amide bonds. The van der Waals surface area contributed by atoms with Gasteiger partial charge in [-0.25, -0.2) is 0 Å². The summed E-state index contributed by atoms with van der Waals surface area (Å²) in [6, 6.07) is 0. The van der Waals surface area contributed by atoms with E-state index in [1.54, 1.807) is 21.1 Å². The number of rotatable bonds is 4. The van der Waals surface area contributed by atoms with Crippen LogP contribution in [0, 0.1) is 0 Å². The molecule has 0 spiro atoms. The van der Waals surface area contributed by atoms with Crippen LogP contribution in [0.3, 0.4) is 0 Å². The maximum Gasteiger partial charge on any atom is 0.187 e. The molecule has 0 radical (unpaired) electrons. The molecule has 2 nitrogen and oxygen atoms in total. The van der Waals surface area contributed by atoms with Crippen molar-refractivity contribution in [1.82, 2.24) is 4.90 Å². The lowest BCUT2D eigenvalue weighted by Crippen LogP contribution is -2.28. The third kappa shape index (κ3) is 3.37. The fourth-order valence-electron chi connectivity index (χ4n) is 0.644. The minimum absolute atomic E-state index is 0.210. The molecule has 0 saturated carbocycles. The van der Waals surface area contributed by atoms with E-state index in [2.05, 4.69) is 0 Å². The molecule has 0 aliphatic heterocycles.